The molecule has 0 aromatic heterocycles. The summed E-state index contributed by atoms with van der Waals surface area (Å²) in [6, 6.07) is 4.79. The fourth-order valence-electron chi connectivity index (χ4n) is 2.16. The van der Waals surface area contributed by atoms with Crippen molar-refractivity contribution in [3.8, 4) is 5.75 Å². The Morgan fingerprint density at radius 1 is 1.33 bits per heavy atom. The molecule has 1 rings (SSSR count). The van der Waals surface area contributed by atoms with Crippen molar-refractivity contribution >= 4 is 5.91 Å². The van der Waals surface area contributed by atoms with E-state index in [1.165, 1.54) is 13.2 Å². The molecule has 0 spiro atoms. The zero-order valence-electron chi connectivity index (χ0n) is 12.9. The number of halogens is 1. The van der Waals surface area contributed by atoms with Gasteiger partial charge in [0.05, 0.1) is 7.11 Å². The summed E-state index contributed by atoms with van der Waals surface area (Å²) in [4.78, 5) is 13.9. The first-order valence-corrected chi connectivity index (χ1v) is 7.42. The van der Waals surface area contributed by atoms with Crippen LogP contribution in [-0.2, 0) is 11.3 Å². The predicted octanol–water partition coefficient (Wildman–Crippen LogP) is 2.70. The van der Waals surface area contributed by atoms with Crippen LogP contribution in [0.2, 0.25) is 0 Å². The summed E-state index contributed by atoms with van der Waals surface area (Å²) in [6.07, 6.45) is 3.29. The predicted molar refractivity (Wildman–Crippen MR) is 81.6 cm³/mol. The number of ether oxygens (including phenoxy) is 1. The van der Waals surface area contributed by atoms with Crippen LogP contribution >= 0.6 is 0 Å². The second kappa shape index (κ2) is 9.34. The van der Waals surface area contributed by atoms with E-state index in [9.17, 15) is 9.18 Å². The zero-order valence-corrected chi connectivity index (χ0v) is 12.9. The second-order valence-electron chi connectivity index (χ2n) is 4.98. The average molecular weight is 296 g/mol. The highest BCUT2D eigenvalue weighted by Crippen LogP contribution is 2.19. The van der Waals surface area contributed by atoms with E-state index in [0.717, 1.165) is 24.8 Å². The Morgan fingerprint density at radius 3 is 2.67 bits per heavy atom. The molecule has 1 amide bonds. The minimum Gasteiger partial charge on any atom is -0.494 e. The van der Waals surface area contributed by atoms with E-state index in [2.05, 4.69) is 0 Å². The van der Waals surface area contributed by atoms with Crippen molar-refractivity contribution in [3.05, 3.63) is 29.6 Å². The van der Waals surface area contributed by atoms with Gasteiger partial charge in [-0.3, -0.25) is 4.79 Å². The molecular weight excluding hydrogens is 271 g/mol. The number of carbonyl (C=O) groups excluding carboxylic acids is 1. The molecule has 0 aliphatic rings. The van der Waals surface area contributed by atoms with Gasteiger partial charge in [-0.05, 0) is 44.0 Å². The van der Waals surface area contributed by atoms with Crippen molar-refractivity contribution in [1.82, 2.24) is 4.90 Å². The maximum absolute atomic E-state index is 13.7. The number of unbranched alkanes of at least 4 members (excludes halogenated alkanes) is 2. The molecule has 0 saturated carbocycles. The Kier molecular flexibility index (Phi) is 7.75. The van der Waals surface area contributed by atoms with Crippen LogP contribution in [0.3, 0.4) is 0 Å². The number of amides is 1. The number of benzene rings is 1. The molecule has 5 heteroatoms. The molecule has 0 bridgehead atoms. The molecule has 0 aliphatic carbocycles. The molecule has 0 fully saturated rings. The van der Waals surface area contributed by atoms with Crippen molar-refractivity contribution in [2.45, 2.75) is 39.2 Å². The van der Waals surface area contributed by atoms with E-state index in [0.29, 0.717) is 26.1 Å². The van der Waals surface area contributed by atoms with Crippen molar-refractivity contribution in [2.24, 2.45) is 5.73 Å². The third-order valence-corrected chi connectivity index (χ3v) is 3.42. The van der Waals surface area contributed by atoms with Gasteiger partial charge in [-0.1, -0.05) is 12.5 Å². The maximum atomic E-state index is 13.7. The van der Waals surface area contributed by atoms with Crippen LogP contribution < -0.4 is 10.5 Å². The molecule has 0 radical (unpaired) electrons. The number of rotatable bonds is 9. The molecule has 21 heavy (non-hydrogen) atoms. The van der Waals surface area contributed by atoms with E-state index in [1.807, 2.05) is 6.92 Å². The van der Waals surface area contributed by atoms with Gasteiger partial charge in [0.2, 0.25) is 5.91 Å². The fourth-order valence-corrected chi connectivity index (χ4v) is 2.16. The number of carbonyl (C=O) groups is 1. The van der Waals surface area contributed by atoms with Gasteiger partial charge in [0.25, 0.3) is 0 Å². The van der Waals surface area contributed by atoms with Gasteiger partial charge in [0, 0.05) is 19.5 Å². The molecule has 1 aromatic rings. The van der Waals surface area contributed by atoms with Gasteiger partial charge in [0.1, 0.15) is 0 Å². The number of nitrogens with two attached hydrogens (primary N) is 1. The Morgan fingerprint density at radius 2 is 2.10 bits per heavy atom. The van der Waals surface area contributed by atoms with Crippen molar-refractivity contribution in [2.75, 3.05) is 20.2 Å². The quantitative estimate of drug-likeness (QED) is 0.713. The maximum Gasteiger partial charge on any atom is 0.222 e. The monoisotopic (exact) mass is 296 g/mol. The van der Waals surface area contributed by atoms with Crippen LogP contribution in [-0.4, -0.2) is 31.0 Å². The summed E-state index contributed by atoms with van der Waals surface area (Å²) in [5, 5.41) is 0. The lowest BCUT2D eigenvalue weighted by atomic mass is 10.1. The summed E-state index contributed by atoms with van der Waals surface area (Å²) in [5.74, 6) is -0.0814. The van der Waals surface area contributed by atoms with Gasteiger partial charge in [-0.25, -0.2) is 4.39 Å². The van der Waals surface area contributed by atoms with Gasteiger partial charge in [0.15, 0.2) is 11.6 Å². The highest BCUT2D eigenvalue weighted by atomic mass is 19.1. The molecule has 118 valence electrons. The first-order valence-electron chi connectivity index (χ1n) is 7.42. The third-order valence-electron chi connectivity index (χ3n) is 3.42. The molecule has 1 aromatic carbocycles. The Bertz CT molecular complexity index is 452. The Labute approximate surface area is 126 Å². The number of nitrogens with zero attached hydrogens (tertiary/aromatic N) is 1. The lowest BCUT2D eigenvalue weighted by Crippen LogP contribution is -2.30. The van der Waals surface area contributed by atoms with Crippen molar-refractivity contribution < 1.29 is 13.9 Å². The highest BCUT2D eigenvalue weighted by Gasteiger charge is 2.13. The summed E-state index contributed by atoms with van der Waals surface area (Å²) in [7, 11) is 1.43. The van der Waals surface area contributed by atoms with Gasteiger partial charge in [-0.2, -0.15) is 0 Å². The molecule has 0 aliphatic heterocycles. The van der Waals surface area contributed by atoms with Crippen LogP contribution in [0.4, 0.5) is 4.39 Å². The third kappa shape index (κ3) is 5.71. The van der Waals surface area contributed by atoms with E-state index >= 15 is 0 Å². The summed E-state index contributed by atoms with van der Waals surface area (Å²) < 4.78 is 18.5. The first-order chi connectivity index (χ1) is 10.1. The average Bonchev–Trinajstić information content (AvgIpc) is 2.49. The minimum atomic E-state index is -0.401. The lowest BCUT2D eigenvalue weighted by Gasteiger charge is -2.21. The van der Waals surface area contributed by atoms with Gasteiger partial charge < -0.3 is 15.4 Å². The first kappa shape index (κ1) is 17.4. The lowest BCUT2D eigenvalue weighted by molar-refractivity contribution is -0.131. The zero-order chi connectivity index (χ0) is 15.7. The largest absolute Gasteiger partial charge is 0.494 e. The van der Waals surface area contributed by atoms with Gasteiger partial charge >= 0.3 is 0 Å². The highest BCUT2D eigenvalue weighted by molar-refractivity contribution is 5.76. The summed E-state index contributed by atoms with van der Waals surface area (Å²) in [6.45, 7) is 3.63. The van der Waals surface area contributed by atoms with E-state index < -0.39 is 5.82 Å². The van der Waals surface area contributed by atoms with E-state index in [1.54, 1.807) is 17.0 Å². The van der Waals surface area contributed by atoms with Crippen LogP contribution in [0.25, 0.3) is 0 Å². The second-order valence-corrected chi connectivity index (χ2v) is 4.98. The van der Waals surface area contributed by atoms with Crippen molar-refractivity contribution in [1.29, 1.82) is 0 Å². The van der Waals surface area contributed by atoms with E-state index in [-0.39, 0.29) is 11.7 Å². The minimum absolute atomic E-state index is 0.103. The number of hydrogen-bond acceptors (Lipinski definition) is 3. The summed E-state index contributed by atoms with van der Waals surface area (Å²) >= 11 is 0. The van der Waals surface area contributed by atoms with Crippen LogP contribution in [0, 0.1) is 5.82 Å². The van der Waals surface area contributed by atoms with Crippen molar-refractivity contribution in [3.63, 3.8) is 0 Å². The molecular formula is C16H25FN2O2. The van der Waals surface area contributed by atoms with Crippen LogP contribution in [0.1, 0.15) is 38.2 Å². The Hall–Kier alpha value is -1.62. The molecule has 0 saturated heterocycles. The number of methoxy groups -OCH3 is 1. The Balaban J connectivity index is 2.56. The fraction of sp³-hybridized carbons (Fsp3) is 0.562. The number of hydrogen-bond donors (Lipinski definition) is 1. The van der Waals surface area contributed by atoms with E-state index in [4.69, 9.17) is 10.5 Å². The standard InChI is InChI=1S/C16H25FN2O2/c1-3-19(16(20)7-5-4-6-10-18)12-13-8-9-15(21-2)14(17)11-13/h8-9,11H,3-7,10,12,18H2,1-2H3. The van der Waals surface area contributed by atoms with Crippen LogP contribution in [0.15, 0.2) is 18.2 Å². The molecule has 4 nitrogen and oxygen atoms in total. The molecule has 0 unspecified atom stereocenters. The normalized spacial score (nSPS) is 10.5. The SMILES string of the molecule is CCN(Cc1ccc(OC)c(F)c1)C(=O)CCCCCN. The molecule has 2 N–H and O–H groups in total. The molecule has 0 atom stereocenters. The summed E-state index contributed by atoms with van der Waals surface area (Å²) in [5.41, 5.74) is 6.20. The van der Waals surface area contributed by atoms with Crippen LogP contribution in [0.5, 0.6) is 5.75 Å². The topological polar surface area (TPSA) is 55.6 Å². The van der Waals surface area contributed by atoms with Gasteiger partial charge in [-0.15, -0.1) is 0 Å². The smallest absolute Gasteiger partial charge is 0.222 e. The molecule has 0 heterocycles.